The Balaban J connectivity index is 2.24. The number of amides is 1. The highest BCUT2D eigenvalue weighted by atomic mass is 79.9. The second-order valence-corrected chi connectivity index (χ2v) is 5.08. The van der Waals surface area contributed by atoms with Crippen LogP contribution in [0.15, 0.2) is 46.9 Å². The molecule has 19 heavy (non-hydrogen) atoms. The first-order valence-electron chi connectivity index (χ1n) is 5.81. The second-order valence-electron chi connectivity index (χ2n) is 4.16. The predicted octanol–water partition coefficient (Wildman–Crippen LogP) is 4.02. The Morgan fingerprint density at radius 2 is 1.84 bits per heavy atom. The van der Waals surface area contributed by atoms with Crippen molar-refractivity contribution >= 4 is 27.5 Å². The molecule has 98 valence electrons. The van der Waals surface area contributed by atoms with E-state index in [-0.39, 0.29) is 5.91 Å². The molecule has 2 rings (SSSR count). The van der Waals surface area contributed by atoms with Gasteiger partial charge in [0, 0.05) is 10.2 Å². The molecule has 2 aromatic rings. The third-order valence-electron chi connectivity index (χ3n) is 2.72. The average Bonchev–Trinajstić information content (AvgIpc) is 2.41. The summed E-state index contributed by atoms with van der Waals surface area (Å²) in [6.07, 6.45) is 0. The normalized spacial score (nSPS) is 10.1. The van der Waals surface area contributed by atoms with E-state index in [2.05, 4.69) is 21.2 Å². The number of carbonyl (C=O) groups excluding carboxylic acids is 1. The summed E-state index contributed by atoms with van der Waals surface area (Å²) < 4.78 is 6.03. The fraction of sp³-hybridized carbons (Fsp3) is 0.133. The Morgan fingerprint density at radius 1 is 1.16 bits per heavy atom. The van der Waals surface area contributed by atoms with Gasteiger partial charge in [0.2, 0.25) is 0 Å². The lowest BCUT2D eigenvalue weighted by Crippen LogP contribution is -2.13. The van der Waals surface area contributed by atoms with Crippen LogP contribution in [0, 0.1) is 6.92 Å². The maximum Gasteiger partial charge on any atom is 0.259 e. The molecule has 3 nitrogen and oxygen atoms in total. The monoisotopic (exact) mass is 319 g/mol. The summed E-state index contributed by atoms with van der Waals surface area (Å²) >= 11 is 3.35. The van der Waals surface area contributed by atoms with Crippen molar-refractivity contribution in [2.24, 2.45) is 0 Å². The summed E-state index contributed by atoms with van der Waals surface area (Å²) in [7, 11) is 1.55. The van der Waals surface area contributed by atoms with Crippen LogP contribution in [0.1, 0.15) is 15.9 Å². The van der Waals surface area contributed by atoms with Crippen LogP contribution in [0.25, 0.3) is 0 Å². The fourth-order valence-corrected chi connectivity index (χ4v) is 2.05. The molecule has 0 aliphatic rings. The molecule has 0 aliphatic carbocycles. The molecule has 0 saturated heterocycles. The zero-order chi connectivity index (χ0) is 13.8. The van der Waals surface area contributed by atoms with Gasteiger partial charge in [-0.15, -0.1) is 0 Å². The van der Waals surface area contributed by atoms with Crippen molar-refractivity contribution in [1.29, 1.82) is 0 Å². The first-order chi connectivity index (χ1) is 9.10. The largest absolute Gasteiger partial charge is 0.496 e. The highest BCUT2D eigenvalue weighted by Crippen LogP contribution is 2.24. The van der Waals surface area contributed by atoms with Gasteiger partial charge in [-0.25, -0.2) is 0 Å². The van der Waals surface area contributed by atoms with E-state index in [1.54, 1.807) is 19.2 Å². The van der Waals surface area contributed by atoms with Crippen LogP contribution < -0.4 is 10.1 Å². The van der Waals surface area contributed by atoms with Crippen molar-refractivity contribution in [1.82, 2.24) is 0 Å². The van der Waals surface area contributed by atoms with E-state index in [1.807, 2.05) is 37.3 Å². The Morgan fingerprint density at radius 3 is 2.47 bits per heavy atom. The van der Waals surface area contributed by atoms with Gasteiger partial charge in [0.25, 0.3) is 5.91 Å². The lowest BCUT2D eigenvalue weighted by molar-refractivity contribution is 0.102. The first kappa shape index (κ1) is 13.6. The van der Waals surface area contributed by atoms with Crippen LogP contribution in [-0.2, 0) is 0 Å². The van der Waals surface area contributed by atoms with Gasteiger partial charge in [0.1, 0.15) is 5.75 Å². The van der Waals surface area contributed by atoms with Crippen LogP contribution in [0.2, 0.25) is 0 Å². The van der Waals surface area contributed by atoms with Crippen LogP contribution in [0.4, 0.5) is 5.69 Å². The number of methoxy groups -OCH3 is 1. The van der Waals surface area contributed by atoms with E-state index in [0.29, 0.717) is 11.3 Å². The SMILES string of the molecule is COc1ccc(Br)cc1C(=O)Nc1ccc(C)cc1. The van der Waals surface area contributed by atoms with Gasteiger partial charge >= 0.3 is 0 Å². The summed E-state index contributed by atoms with van der Waals surface area (Å²) in [5, 5.41) is 2.85. The molecule has 2 aromatic carbocycles. The van der Waals surface area contributed by atoms with E-state index < -0.39 is 0 Å². The molecule has 0 heterocycles. The highest BCUT2D eigenvalue weighted by molar-refractivity contribution is 9.10. The van der Waals surface area contributed by atoms with Crippen molar-refractivity contribution in [2.45, 2.75) is 6.92 Å². The Labute approximate surface area is 120 Å². The third kappa shape index (κ3) is 3.35. The van der Waals surface area contributed by atoms with E-state index >= 15 is 0 Å². The molecule has 0 unspecified atom stereocenters. The molecule has 0 fully saturated rings. The molecule has 4 heteroatoms. The van der Waals surface area contributed by atoms with Gasteiger partial charge < -0.3 is 10.1 Å². The number of ether oxygens (including phenoxy) is 1. The molecule has 0 aromatic heterocycles. The summed E-state index contributed by atoms with van der Waals surface area (Å²) in [5.74, 6) is 0.356. The topological polar surface area (TPSA) is 38.3 Å². The minimum absolute atomic E-state index is 0.193. The maximum atomic E-state index is 12.2. The summed E-state index contributed by atoms with van der Waals surface area (Å²) in [4.78, 5) is 12.2. The molecule has 0 radical (unpaired) electrons. The molecule has 0 bridgehead atoms. The van der Waals surface area contributed by atoms with Gasteiger partial charge in [-0.2, -0.15) is 0 Å². The van der Waals surface area contributed by atoms with Gasteiger partial charge in [-0.05, 0) is 37.3 Å². The van der Waals surface area contributed by atoms with Crippen molar-refractivity contribution < 1.29 is 9.53 Å². The molecule has 0 aliphatic heterocycles. The Kier molecular flexibility index (Phi) is 4.22. The molecular weight excluding hydrogens is 306 g/mol. The number of carbonyl (C=O) groups is 1. The number of hydrogen-bond donors (Lipinski definition) is 1. The van der Waals surface area contributed by atoms with E-state index in [1.165, 1.54) is 0 Å². The van der Waals surface area contributed by atoms with Crippen LogP contribution >= 0.6 is 15.9 Å². The Hall–Kier alpha value is -1.81. The van der Waals surface area contributed by atoms with Gasteiger partial charge in [0.05, 0.1) is 12.7 Å². The van der Waals surface area contributed by atoms with Crippen LogP contribution in [-0.4, -0.2) is 13.0 Å². The minimum Gasteiger partial charge on any atom is -0.496 e. The van der Waals surface area contributed by atoms with Crippen molar-refractivity contribution in [3.63, 3.8) is 0 Å². The van der Waals surface area contributed by atoms with Gasteiger partial charge in [-0.1, -0.05) is 33.6 Å². The number of halogens is 1. The number of anilines is 1. The number of nitrogens with one attached hydrogen (secondary N) is 1. The zero-order valence-corrected chi connectivity index (χ0v) is 12.3. The van der Waals surface area contributed by atoms with Crippen molar-refractivity contribution in [3.8, 4) is 5.75 Å². The highest BCUT2D eigenvalue weighted by Gasteiger charge is 2.12. The maximum absolute atomic E-state index is 12.2. The summed E-state index contributed by atoms with van der Waals surface area (Å²) in [6, 6.07) is 13.0. The second kappa shape index (κ2) is 5.89. The molecule has 0 saturated carbocycles. The van der Waals surface area contributed by atoms with Crippen LogP contribution in [0.3, 0.4) is 0 Å². The molecule has 0 spiro atoms. The summed E-state index contributed by atoms with van der Waals surface area (Å²) in [6.45, 7) is 2.00. The zero-order valence-electron chi connectivity index (χ0n) is 10.7. The number of rotatable bonds is 3. The minimum atomic E-state index is -0.193. The summed E-state index contributed by atoms with van der Waals surface area (Å²) in [5.41, 5.74) is 2.41. The lowest BCUT2D eigenvalue weighted by atomic mass is 10.1. The van der Waals surface area contributed by atoms with Crippen molar-refractivity contribution in [3.05, 3.63) is 58.1 Å². The molecule has 1 N–H and O–H groups in total. The molecule has 0 atom stereocenters. The van der Waals surface area contributed by atoms with Crippen molar-refractivity contribution in [2.75, 3.05) is 12.4 Å². The standard InChI is InChI=1S/C15H14BrNO2/c1-10-3-6-12(7-4-10)17-15(18)13-9-11(16)5-8-14(13)19-2/h3-9H,1-2H3,(H,17,18). The van der Waals surface area contributed by atoms with E-state index in [0.717, 1.165) is 15.7 Å². The lowest BCUT2D eigenvalue weighted by Gasteiger charge is -2.10. The van der Waals surface area contributed by atoms with Gasteiger partial charge in [0.15, 0.2) is 0 Å². The fourth-order valence-electron chi connectivity index (χ4n) is 1.69. The molecule has 1 amide bonds. The van der Waals surface area contributed by atoms with Gasteiger partial charge in [-0.3, -0.25) is 4.79 Å². The van der Waals surface area contributed by atoms with E-state index in [9.17, 15) is 4.79 Å². The number of aryl methyl sites for hydroxylation is 1. The third-order valence-corrected chi connectivity index (χ3v) is 3.21. The first-order valence-corrected chi connectivity index (χ1v) is 6.61. The van der Waals surface area contributed by atoms with Crippen LogP contribution in [0.5, 0.6) is 5.75 Å². The molecular formula is C15H14BrNO2. The quantitative estimate of drug-likeness (QED) is 0.928. The smallest absolute Gasteiger partial charge is 0.259 e. The number of benzene rings is 2. The average molecular weight is 320 g/mol. The van der Waals surface area contributed by atoms with E-state index in [4.69, 9.17) is 4.74 Å². The number of hydrogen-bond acceptors (Lipinski definition) is 2. The Bertz CT molecular complexity index is 594. The predicted molar refractivity (Wildman–Crippen MR) is 79.8 cm³/mol.